The minimum Gasteiger partial charge on any atom is -0.506 e. The second-order valence-corrected chi connectivity index (χ2v) is 4.67. The van der Waals surface area contributed by atoms with Gasteiger partial charge in [0.1, 0.15) is 11.8 Å². The van der Waals surface area contributed by atoms with Crippen LogP contribution in [0.3, 0.4) is 0 Å². The van der Waals surface area contributed by atoms with E-state index in [-0.39, 0.29) is 5.69 Å². The van der Waals surface area contributed by atoms with Crippen molar-refractivity contribution in [3.63, 3.8) is 0 Å². The number of nitrogens with zero attached hydrogens (tertiary/aromatic N) is 2. The SMILES string of the molecule is N#C/C(=N\Nc1ccc(S(=O)(=O)O)cc1O)C(=N)N. The fourth-order valence-electron chi connectivity index (χ4n) is 1.03. The van der Waals surface area contributed by atoms with Gasteiger partial charge in [0.25, 0.3) is 10.1 Å². The van der Waals surface area contributed by atoms with Gasteiger partial charge in [-0.25, -0.2) is 0 Å². The number of anilines is 1. The zero-order valence-corrected chi connectivity index (χ0v) is 10.1. The summed E-state index contributed by atoms with van der Waals surface area (Å²) < 4.78 is 30.4. The summed E-state index contributed by atoms with van der Waals surface area (Å²) in [5.74, 6) is -1.08. The molecule has 0 heterocycles. The summed E-state index contributed by atoms with van der Waals surface area (Å²) in [4.78, 5) is -0.494. The molecule has 0 fully saturated rings. The molecule has 100 valence electrons. The minimum absolute atomic E-state index is 0.0265. The van der Waals surface area contributed by atoms with Crippen molar-refractivity contribution in [2.45, 2.75) is 4.90 Å². The van der Waals surface area contributed by atoms with E-state index >= 15 is 0 Å². The normalized spacial score (nSPS) is 11.7. The van der Waals surface area contributed by atoms with E-state index in [2.05, 4.69) is 10.5 Å². The van der Waals surface area contributed by atoms with Crippen LogP contribution in [0.2, 0.25) is 0 Å². The Kier molecular flexibility index (Phi) is 4.05. The van der Waals surface area contributed by atoms with Gasteiger partial charge in [-0.15, -0.1) is 0 Å². The number of aromatic hydroxyl groups is 1. The van der Waals surface area contributed by atoms with Crippen LogP contribution in [0.5, 0.6) is 5.75 Å². The van der Waals surface area contributed by atoms with E-state index in [4.69, 9.17) is 21.0 Å². The first-order valence-electron chi connectivity index (χ1n) is 4.64. The minimum atomic E-state index is -4.42. The summed E-state index contributed by atoms with van der Waals surface area (Å²) in [6.45, 7) is 0. The molecule has 0 aromatic heterocycles. The first-order valence-corrected chi connectivity index (χ1v) is 6.08. The Morgan fingerprint density at radius 1 is 1.53 bits per heavy atom. The predicted molar refractivity (Wildman–Crippen MR) is 66.5 cm³/mol. The average molecular weight is 283 g/mol. The van der Waals surface area contributed by atoms with Crippen LogP contribution in [-0.2, 0) is 10.1 Å². The summed E-state index contributed by atoms with van der Waals surface area (Å²) in [5, 5.41) is 28.5. The predicted octanol–water partition coefficient (Wildman–Crippen LogP) is -0.134. The topological polar surface area (TPSA) is 173 Å². The Bertz CT molecular complexity index is 689. The van der Waals surface area contributed by atoms with Gasteiger partial charge in [0, 0.05) is 6.07 Å². The van der Waals surface area contributed by atoms with Crippen LogP contribution in [0.15, 0.2) is 28.2 Å². The maximum atomic E-state index is 10.8. The monoisotopic (exact) mass is 283 g/mol. The number of nitrogens with one attached hydrogen (secondary N) is 2. The second kappa shape index (κ2) is 5.34. The third kappa shape index (κ3) is 3.66. The molecule has 0 aliphatic carbocycles. The number of amidine groups is 1. The summed E-state index contributed by atoms with van der Waals surface area (Å²) >= 11 is 0. The molecule has 0 atom stereocenters. The van der Waals surface area contributed by atoms with Crippen LogP contribution < -0.4 is 11.2 Å². The van der Waals surface area contributed by atoms with Gasteiger partial charge in [0.05, 0.1) is 10.6 Å². The molecule has 0 unspecified atom stereocenters. The third-order valence-corrected chi connectivity index (χ3v) is 2.77. The Balaban J connectivity index is 3.06. The number of nitriles is 1. The smallest absolute Gasteiger partial charge is 0.294 e. The third-order valence-electron chi connectivity index (χ3n) is 1.92. The van der Waals surface area contributed by atoms with Crippen molar-refractivity contribution in [3.8, 4) is 11.8 Å². The van der Waals surface area contributed by atoms with Crippen LogP contribution >= 0.6 is 0 Å². The molecule has 10 heteroatoms. The first-order chi connectivity index (χ1) is 8.75. The van der Waals surface area contributed by atoms with E-state index in [0.717, 1.165) is 18.2 Å². The van der Waals surface area contributed by atoms with E-state index in [9.17, 15) is 13.5 Å². The van der Waals surface area contributed by atoms with Gasteiger partial charge < -0.3 is 10.8 Å². The van der Waals surface area contributed by atoms with Crippen molar-refractivity contribution in [1.82, 2.24) is 0 Å². The van der Waals surface area contributed by atoms with Gasteiger partial charge in [-0.1, -0.05) is 0 Å². The number of rotatable bonds is 4. The molecule has 1 aromatic carbocycles. The van der Waals surface area contributed by atoms with Crippen molar-refractivity contribution in [2.24, 2.45) is 10.8 Å². The van der Waals surface area contributed by atoms with Crippen LogP contribution in [0.1, 0.15) is 0 Å². The molecule has 1 rings (SSSR count). The highest BCUT2D eigenvalue weighted by molar-refractivity contribution is 7.85. The highest BCUT2D eigenvalue weighted by Gasteiger charge is 2.12. The largest absolute Gasteiger partial charge is 0.506 e. The van der Waals surface area contributed by atoms with Crippen LogP contribution in [0.4, 0.5) is 5.69 Å². The molecule has 0 aliphatic heterocycles. The lowest BCUT2D eigenvalue weighted by Crippen LogP contribution is -2.21. The quantitative estimate of drug-likeness (QED) is 0.168. The fourth-order valence-corrected chi connectivity index (χ4v) is 1.53. The summed E-state index contributed by atoms with van der Waals surface area (Å²) in [6, 6.07) is 4.49. The molecular formula is C9H9N5O4S. The van der Waals surface area contributed by atoms with E-state index in [1.165, 1.54) is 0 Å². The molecule has 6 N–H and O–H groups in total. The summed E-state index contributed by atoms with van der Waals surface area (Å²) in [5.41, 5.74) is 6.86. The first kappa shape index (κ1) is 14.4. The van der Waals surface area contributed by atoms with E-state index in [1.54, 1.807) is 6.07 Å². The lowest BCUT2D eigenvalue weighted by molar-refractivity contribution is 0.467. The molecule has 0 spiro atoms. The number of phenolic OH excluding ortho intramolecular Hbond substituents is 1. The van der Waals surface area contributed by atoms with E-state index in [0.29, 0.717) is 0 Å². The van der Waals surface area contributed by atoms with Gasteiger partial charge in [-0.05, 0) is 12.1 Å². The Hall–Kier alpha value is -2.64. The second-order valence-electron chi connectivity index (χ2n) is 3.25. The maximum Gasteiger partial charge on any atom is 0.294 e. The van der Waals surface area contributed by atoms with Crippen molar-refractivity contribution in [1.29, 1.82) is 10.7 Å². The standard InChI is InChI=1S/C9H9N5O4S/c10-4-7(9(11)12)14-13-6-2-1-5(3-8(6)15)19(16,17)18/h1-3,13,15H,(H3,11,12)(H,16,17,18)/b14-7+. The Morgan fingerprint density at radius 3 is 2.58 bits per heavy atom. The molecule has 0 aliphatic rings. The van der Waals surface area contributed by atoms with Crippen LogP contribution in [-0.4, -0.2) is 29.6 Å². The lowest BCUT2D eigenvalue weighted by atomic mass is 10.3. The lowest BCUT2D eigenvalue weighted by Gasteiger charge is -2.05. The number of phenols is 1. The van der Waals surface area contributed by atoms with Gasteiger partial charge in [0.2, 0.25) is 5.71 Å². The van der Waals surface area contributed by atoms with Gasteiger partial charge in [0.15, 0.2) is 5.84 Å². The molecule has 1 aromatic rings. The van der Waals surface area contributed by atoms with Gasteiger partial charge >= 0.3 is 0 Å². The van der Waals surface area contributed by atoms with E-state index in [1.807, 2.05) is 0 Å². The van der Waals surface area contributed by atoms with E-state index < -0.39 is 32.3 Å². The highest BCUT2D eigenvalue weighted by atomic mass is 32.2. The van der Waals surface area contributed by atoms with Crippen molar-refractivity contribution < 1.29 is 18.1 Å². The van der Waals surface area contributed by atoms with Crippen LogP contribution in [0.25, 0.3) is 0 Å². The van der Waals surface area contributed by atoms with Crippen molar-refractivity contribution >= 4 is 27.4 Å². The Morgan fingerprint density at radius 2 is 2.16 bits per heavy atom. The molecular weight excluding hydrogens is 274 g/mol. The Labute approximate surface area is 108 Å². The number of hydrogen-bond acceptors (Lipinski definition) is 7. The average Bonchev–Trinajstić information content (AvgIpc) is 2.29. The molecule has 0 saturated carbocycles. The van der Waals surface area contributed by atoms with Gasteiger partial charge in [-0.2, -0.15) is 18.8 Å². The molecule has 0 bridgehead atoms. The van der Waals surface area contributed by atoms with Crippen molar-refractivity contribution in [3.05, 3.63) is 18.2 Å². The number of benzene rings is 1. The molecule has 9 nitrogen and oxygen atoms in total. The van der Waals surface area contributed by atoms with Crippen molar-refractivity contribution in [2.75, 3.05) is 5.43 Å². The fraction of sp³-hybridized carbons (Fsp3) is 0. The molecule has 0 saturated heterocycles. The van der Waals surface area contributed by atoms with Gasteiger partial charge in [-0.3, -0.25) is 15.4 Å². The molecule has 19 heavy (non-hydrogen) atoms. The zero-order valence-electron chi connectivity index (χ0n) is 9.32. The number of nitrogens with two attached hydrogens (primary N) is 1. The summed E-state index contributed by atoms with van der Waals surface area (Å²) in [7, 11) is -4.42. The number of hydrazone groups is 1. The molecule has 0 amide bonds. The maximum absolute atomic E-state index is 10.8. The number of hydrogen-bond donors (Lipinski definition) is 5. The van der Waals surface area contributed by atoms with Crippen LogP contribution in [0, 0.1) is 16.7 Å². The molecule has 0 radical (unpaired) electrons. The zero-order chi connectivity index (χ0) is 14.6. The highest BCUT2D eigenvalue weighted by Crippen LogP contribution is 2.26. The summed E-state index contributed by atoms with van der Waals surface area (Å²) in [6.07, 6.45) is 0.